The largest absolute Gasteiger partial charge is 0.335 e. The van der Waals surface area contributed by atoms with Crippen molar-refractivity contribution in [3.05, 3.63) is 48.0 Å². The van der Waals surface area contributed by atoms with Crippen LogP contribution in [0, 0.1) is 6.92 Å². The number of nitrogens with zero attached hydrogens (tertiary/aromatic N) is 2. The van der Waals surface area contributed by atoms with E-state index in [1.165, 1.54) is 10.5 Å². The molecule has 1 aromatic heterocycles. The Morgan fingerprint density at radius 2 is 2.25 bits per heavy atom. The molecule has 0 saturated heterocycles. The second-order valence-electron chi connectivity index (χ2n) is 4.95. The predicted molar refractivity (Wildman–Crippen MR) is 86.4 cm³/mol. The van der Waals surface area contributed by atoms with Crippen LogP contribution in [0.15, 0.2) is 41.6 Å². The van der Waals surface area contributed by atoms with E-state index < -0.39 is 0 Å². The Morgan fingerprint density at radius 3 is 2.95 bits per heavy atom. The van der Waals surface area contributed by atoms with Gasteiger partial charge in [-0.1, -0.05) is 17.7 Å². The number of hydrogen-bond acceptors (Lipinski definition) is 3. The Labute approximate surface area is 125 Å². The first-order valence-electron chi connectivity index (χ1n) is 7.09. The van der Waals surface area contributed by atoms with E-state index in [0.717, 1.165) is 24.5 Å². The minimum atomic E-state index is 0.438. The second-order valence-corrected chi connectivity index (χ2v) is 6.04. The molecule has 2 aromatic rings. The van der Waals surface area contributed by atoms with Gasteiger partial charge in [0.2, 0.25) is 0 Å². The highest BCUT2D eigenvalue weighted by molar-refractivity contribution is 7.99. The van der Waals surface area contributed by atoms with Crippen LogP contribution in [0.5, 0.6) is 0 Å². The number of benzene rings is 1. The van der Waals surface area contributed by atoms with Gasteiger partial charge in [0.05, 0.1) is 0 Å². The first-order valence-corrected chi connectivity index (χ1v) is 8.08. The Hall–Kier alpha value is -1.26. The van der Waals surface area contributed by atoms with Gasteiger partial charge >= 0.3 is 0 Å². The number of rotatable bonds is 7. The van der Waals surface area contributed by atoms with Gasteiger partial charge in [0, 0.05) is 42.0 Å². The molecule has 2 rings (SSSR count). The summed E-state index contributed by atoms with van der Waals surface area (Å²) >= 11 is 1.90. The standard InChI is InChI=1S/C16H23N3S/c1-4-19-9-8-18-16(19)11-14(17-3)12-20-15-7-5-6-13(2)10-15/h5-10,14,17H,4,11-12H2,1-3H3. The number of nitrogens with one attached hydrogen (secondary N) is 1. The van der Waals surface area contributed by atoms with Gasteiger partial charge in [-0.2, -0.15) is 0 Å². The molecule has 0 amide bonds. The lowest BCUT2D eigenvalue weighted by Crippen LogP contribution is -2.31. The van der Waals surface area contributed by atoms with E-state index in [2.05, 4.69) is 59.2 Å². The Morgan fingerprint density at radius 1 is 1.40 bits per heavy atom. The Kier molecular flexibility index (Phi) is 5.68. The molecular weight excluding hydrogens is 266 g/mol. The average molecular weight is 289 g/mol. The average Bonchev–Trinajstić information content (AvgIpc) is 2.90. The predicted octanol–water partition coefficient (Wildman–Crippen LogP) is 3.13. The van der Waals surface area contributed by atoms with Gasteiger partial charge in [-0.3, -0.25) is 0 Å². The molecule has 4 heteroatoms. The van der Waals surface area contributed by atoms with Crippen molar-refractivity contribution in [2.75, 3.05) is 12.8 Å². The number of likely N-dealkylation sites (N-methyl/N-ethyl adjacent to an activating group) is 1. The van der Waals surface area contributed by atoms with Gasteiger partial charge in [-0.05, 0) is 33.0 Å². The van der Waals surface area contributed by atoms with E-state index >= 15 is 0 Å². The zero-order valence-electron chi connectivity index (χ0n) is 12.5. The number of hydrogen-bond donors (Lipinski definition) is 1. The summed E-state index contributed by atoms with van der Waals surface area (Å²) in [5.41, 5.74) is 1.32. The molecule has 1 atom stereocenters. The highest BCUT2D eigenvalue weighted by atomic mass is 32.2. The minimum absolute atomic E-state index is 0.438. The molecule has 3 nitrogen and oxygen atoms in total. The van der Waals surface area contributed by atoms with Crippen molar-refractivity contribution in [1.82, 2.24) is 14.9 Å². The fourth-order valence-corrected chi connectivity index (χ4v) is 3.31. The third-order valence-electron chi connectivity index (χ3n) is 3.42. The summed E-state index contributed by atoms with van der Waals surface area (Å²) in [5, 5.41) is 3.40. The molecule has 0 saturated carbocycles. The molecule has 20 heavy (non-hydrogen) atoms. The topological polar surface area (TPSA) is 29.9 Å². The van der Waals surface area contributed by atoms with Crippen LogP contribution in [-0.2, 0) is 13.0 Å². The molecule has 0 bridgehead atoms. The molecule has 1 unspecified atom stereocenters. The molecule has 0 aliphatic carbocycles. The molecule has 108 valence electrons. The Balaban J connectivity index is 1.92. The fraction of sp³-hybridized carbons (Fsp3) is 0.438. The minimum Gasteiger partial charge on any atom is -0.335 e. The van der Waals surface area contributed by atoms with Crippen molar-refractivity contribution in [3.63, 3.8) is 0 Å². The van der Waals surface area contributed by atoms with Crippen LogP contribution >= 0.6 is 11.8 Å². The van der Waals surface area contributed by atoms with Crippen molar-refractivity contribution >= 4 is 11.8 Å². The monoisotopic (exact) mass is 289 g/mol. The molecule has 0 radical (unpaired) electrons. The Bertz CT molecular complexity index is 536. The van der Waals surface area contributed by atoms with Gasteiger partial charge in [-0.15, -0.1) is 11.8 Å². The maximum Gasteiger partial charge on any atom is 0.110 e. The lowest BCUT2D eigenvalue weighted by Gasteiger charge is -2.16. The lowest BCUT2D eigenvalue weighted by molar-refractivity contribution is 0.573. The molecule has 1 heterocycles. The van der Waals surface area contributed by atoms with E-state index in [-0.39, 0.29) is 0 Å². The number of imidazole rings is 1. The highest BCUT2D eigenvalue weighted by Crippen LogP contribution is 2.20. The summed E-state index contributed by atoms with van der Waals surface area (Å²) in [5.74, 6) is 2.22. The normalized spacial score (nSPS) is 12.6. The van der Waals surface area contributed by atoms with Crippen LogP contribution in [0.4, 0.5) is 0 Å². The SMILES string of the molecule is CCn1ccnc1CC(CSc1cccc(C)c1)NC. The number of aryl methyl sites for hydroxylation is 2. The third kappa shape index (κ3) is 4.12. The van der Waals surface area contributed by atoms with E-state index in [1.54, 1.807) is 0 Å². The molecule has 0 fully saturated rings. The fourth-order valence-electron chi connectivity index (χ4n) is 2.18. The highest BCUT2D eigenvalue weighted by Gasteiger charge is 2.11. The van der Waals surface area contributed by atoms with Crippen LogP contribution in [0.25, 0.3) is 0 Å². The van der Waals surface area contributed by atoms with Crippen LogP contribution in [0.3, 0.4) is 0 Å². The summed E-state index contributed by atoms with van der Waals surface area (Å²) in [4.78, 5) is 5.79. The number of thioether (sulfide) groups is 1. The third-order valence-corrected chi connectivity index (χ3v) is 4.58. The number of aromatic nitrogens is 2. The molecule has 1 aromatic carbocycles. The first kappa shape index (κ1) is 15.1. The van der Waals surface area contributed by atoms with E-state index in [9.17, 15) is 0 Å². The second kappa shape index (κ2) is 7.50. The first-order chi connectivity index (χ1) is 9.72. The molecule has 1 N–H and O–H groups in total. The zero-order chi connectivity index (χ0) is 14.4. The molecule has 0 spiro atoms. The van der Waals surface area contributed by atoms with E-state index in [1.807, 2.05) is 25.0 Å². The molecular formula is C16H23N3S. The smallest absolute Gasteiger partial charge is 0.110 e. The molecule has 0 aliphatic rings. The van der Waals surface area contributed by atoms with Crippen LogP contribution in [0.1, 0.15) is 18.3 Å². The van der Waals surface area contributed by atoms with E-state index in [0.29, 0.717) is 6.04 Å². The van der Waals surface area contributed by atoms with Gasteiger partial charge in [-0.25, -0.2) is 4.98 Å². The van der Waals surface area contributed by atoms with Gasteiger partial charge in [0.25, 0.3) is 0 Å². The summed E-state index contributed by atoms with van der Waals surface area (Å²) in [6.07, 6.45) is 4.91. The molecule has 0 aliphatic heterocycles. The van der Waals surface area contributed by atoms with Crippen LogP contribution < -0.4 is 5.32 Å². The maximum absolute atomic E-state index is 4.46. The van der Waals surface area contributed by atoms with Crippen LogP contribution in [-0.4, -0.2) is 28.4 Å². The summed E-state index contributed by atoms with van der Waals surface area (Å²) in [7, 11) is 2.03. The van der Waals surface area contributed by atoms with Gasteiger partial charge < -0.3 is 9.88 Å². The zero-order valence-corrected chi connectivity index (χ0v) is 13.3. The van der Waals surface area contributed by atoms with E-state index in [4.69, 9.17) is 0 Å². The summed E-state index contributed by atoms with van der Waals surface area (Å²) in [6, 6.07) is 9.11. The maximum atomic E-state index is 4.46. The summed E-state index contributed by atoms with van der Waals surface area (Å²) in [6.45, 7) is 5.27. The van der Waals surface area contributed by atoms with Crippen molar-refractivity contribution in [2.24, 2.45) is 0 Å². The van der Waals surface area contributed by atoms with Crippen molar-refractivity contribution in [3.8, 4) is 0 Å². The lowest BCUT2D eigenvalue weighted by atomic mass is 10.2. The van der Waals surface area contributed by atoms with Gasteiger partial charge in [0.15, 0.2) is 0 Å². The van der Waals surface area contributed by atoms with Gasteiger partial charge in [0.1, 0.15) is 5.82 Å². The van der Waals surface area contributed by atoms with Crippen molar-refractivity contribution in [1.29, 1.82) is 0 Å². The van der Waals surface area contributed by atoms with Crippen LogP contribution in [0.2, 0.25) is 0 Å². The quantitative estimate of drug-likeness (QED) is 0.794. The summed E-state index contributed by atoms with van der Waals surface area (Å²) < 4.78 is 2.21. The van der Waals surface area contributed by atoms with Crippen molar-refractivity contribution < 1.29 is 0 Å². The van der Waals surface area contributed by atoms with Crippen molar-refractivity contribution in [2.45, 2.75) is 37.8 Å².